The topological polar surface area (TPSA) is 58.4 Å². The number of para-hydroxylation sites is 1. The number of carbonyl (C=O) groups is 1. The van der Waals surface area contributed by atoms with Crippen molar-refractivity contribution in [2.75, 3.05) is 36.0 Å². The quantitative estimate of drug-likeness (QED) is 0.619. The van der Waals surface area contributed by atoms with Gasteiger partial charge in [0.15, 0.2) is 5.78 Å². The lowest BCUT2D eigenvalue weighted by molar-refractivity contribution is 0.101. The van der Waals surface area contributed by atoms with Gasteiger partial charge in [-0.1, -0.05) is 29.8 Å². The number of rotatable bonds is 4. The zero-order chi connectivity index (χ0) is 20.4. The van der Waals surface area contributed by atoms with Gasteiger partial charge in [0.1, 0.15) is 5.02 Å². The van der Waals surface area contributed by atoms with Gasteiger partial charge in [-0.3, -0.25) is 9.59 Å². The van der Waals surface area contributed by atoms with Crippen LogP contribution in [0.5, 0.6) is 0 Å². The van der Waals surface area contributed by atoms with Gasteiger partial charge in [0.2, 0.25) is 0 Å². The highest BCUT2D eigenvalue weighted by molar-refractivity contribution is 6.33. The van der Waals surface area contributed by atoms with E-state index in [4.69, 9.17) is 11.6 Å². The van der Waals surface area contributed by atoms with E-state index in [1.54, 1.807) is 13.1 Å². The van der Waals surface area contributed by atoms with E-state index >= 15 is 0 Å². The minimum atomic E-state index is -0.322. The lowest BCUT2D eigenvalue weighted by Crippen LogP contribution is -2.47. The van der Waals surface area contributed by atoms with Gasteiger partial charge in [-0.15, -0.1) is 0 Å². The molecule has 2 heterocycles. The van der Waals surface area contributed by atoms with Crippen molar-refractivity contribution in [3.05, 3.63) is 81.7 Å². The van der Waals surface area contributed by atoms with Crippen molar-refractivity contribution in [3.8, 4) is 5.69 Å². The molecule has 0 N–H and O–H groups in total. The van der Waals surface area contributed by atoms with Crippen LogP contribution in [0.1, 0.15) is 17.3 Å². The highest BCUT2D eigenvalue weighted by atomic mass is 35.5. The first-order chi connectivity index (χ1) is 14.0. The summed E-state index contributed by atoms with van der Waals surface area (Å²) in [6, 6.07) is 16.9. The van der Waals surface area contributed by atoms with Crippen molar-refractivity contribution in [2.45, 2.75) is 6.92 Å². The maximum absolute atomic E-state index is 12.7. The summed E-state index contributed by atoms with van der Waals surface area (Å²) in [6.07, 6.45) is 1.66. The fourth-order valence-corrected chi connectivity index (χ4v) is 3.76. The van der Waals surface area contributed by atoms with E-state index in [0.717, 1.165) is 31.9 Å². The van der Waals surface area contributed by atoms with Crippen molar-refractivity contribution >= 4 is 28.8 Å². The summed E-state index contributed by atoms with van der Waals surface area (Å²) in [5, 5.41) is 4.50. The monoisotopic (exact) mass is 408 g/mol. The second-order valence-electron chi connectivity index (χ2n) is 6.97. The highest BCUT2D eigenvalue weighted by Crippen LogP contribution is 2.25. The Kier molecular flexibility index (Phi) is 5.36. The Morgan fingerprint density at radius 3 is 2.14 bits per heavy atom. The maximum Gasteiger partial charge on any atom is 0.292 e. The van der Waals surface area contributed by atoms with E-state index < -0.39 is 0 Å². The lowest BCUT2D eigenvalue weighted by Gasteiger charge is -2.37. The van der Waals surface area contributed by atoms with Gasteiger partial charge >= 0.3 is 0 Å². The van der Waals surface area contributed by atoms with Crippen LogP contribution in [0.2, 0.25) is 5.02 Å². The van der Waals surface area contributed by atoms with Gasteiger partial charge in [0, 0.05) is 37.4 Å². The molecule has 0 spiro atoms. The van der Waals surface area contributed by atoms with Crippen LogP contribution in [-0.4, -0.2) is 41.7 Å². The van der Waals surface area contributed by atoms with E-state index in [9.17, 15) is 9.59 Å². The molecular weight excluding hydrogens is 388 g/mol. The third kappa shape index (κ3) is 3.89. The number of aromatic nitrogens is 2. The third-order valence-corrected chi connectivity index (χ3v) is 5.52. The van der Waals surface area contributed by atoms with Gasteiger partial charge < -0.3 is 9.80 Å². The Labute approximate surface area is 173 Å². The number of Topliss-reactive ketones (excluding diaryl/α,β-unsaturated/α-hetero) is 1. The molecule has 148 valence electrons. The van der Waals surface area contributed by atoms with E-state index in [1.165, 1.54) is 4.68 Å². The Morgan fingerprint density at radius 2 is 1.52 bits per heavy atom. The Hall–Kier alpha value is -3.12. The van der Waals surface area contributed by atoms with Crippen molar-refractivity contribution in [2.24, 2.45) is 0 Å². The summed E-state index contributed by atoms with van der Waals surface area (Å²) in [5.41, 5.74) is 2.82. The predicted octanol–water partition coefficient (Wildman–Crippen LogP) is 3.42. The molecule has 1 saturated heterocycles. The van der Waals surface area contributed by atoms with E-state index in [0.29, 0.717) is 16.9 Å². The summed E-state index contributed by atoms with van der Waals surface area (Å²) < 4.78 is 1.32. The van der Waals surface area contributed by atoms with E-state index in [2.05, 4.69) is 14.9 Å². The van der Waals surface area contributed by atoms with Gasteiger partial charge in [0.25, 0.3) is 5.56 Å². The first kappa shape index (κ1) is 19.2. The summed E-state index contributed by atoms with van der Waals surface area (Å²) in [7, 11) is 0. The molecule has 0 bridgehead atoms. The number of anilines is 2. The van der Waals surface area contributed by atoms with Crippen LogP contribution >= 0.6 is 11.6 Å². The molecular formula is C22H21ClN4O2. The molecule has 1 aliphatic rings. The molecule has 1 fully saturated rings. The fraction of sp³-hybridized carbons (Fsp3) is 0.227. The van der Waals surface area contributed by atoms with Gasteiger partial charge in [-0.2, -0.15) is 9.78 Å². The molecule has 3 aromatic rings. The zero-order valence-corrected chi connectivity index (χ0v) is 16.8. The fourth-order valence-electron chi connectivity index (χ4n) is 3.51. The van der Waals surface area contributed by atoms with Crippen LogP contribution in [0.25, 0.3) is 5.69 Å². The first-order valence-electron chi connectivity index (χ1n) is 9.49. The number of nitrogens with zero attached hydrogens (tertiary/aromatic N) is 4. The number of halogens is 1. The minimum absolute atomic E-state index is 0.0637. The van der Waals surface area contributed by atoms with Crippen molar-refractivity contribution in [1.29, 1.82) is 0 Å². The van der Waals surface area contributed by atoms with E-state index in [1.807, 2.05) is 54.6 Å². The molecule has 1 aromatic heterocycles. The average Bonchev–Trinajstić information content (AvgIpc) is 2.76. The zero-order valence-electron chi connectivity index (χ0n) is 16.1. The Morgan fingerprint density at radius 1 is 0.897 bits per heavy atom. The summed E-state index contributed by atoms with van der Waals surface area (Å²) >= 11 is 6.42. The highest BCUT2D eigenvalue weighted by Gasteiger charge is 2.22. The lowest BCUT2D eigenvalue weighted by atomic mass is 10.1. The molecule has 0 saturated carbocycles. The Bertz CT molecular complexity index is 1070. The van der Waals surface area contributed by atoms with Gasteiger partial charge in [-0.25, -0.2) is 0 Å². The predicted molar refractivity (Wildman–Crippen MR) is 116 cm³/mol. The number of carbonyl (C=O) groups excluding carboxylic acids is 1. The summed E-state index contributed by atoms with van der Waals surface area (Å²) in [4.78, 5) is 28.5. The molecule has 7 heteroatoms. The van der Waals surface area contributed by atoms with Crippen LogP contribution in [0.3, 0.4) is 0 Å². The third-order valence-electron chi connectivity index (χ3n) is 5.16. The summed E-state index contributed by atoms with van der Waals surface area (Å²) in [5.74, 6) is 0.0637. The number of piperazine rings is 1. The van der Waals surface area contributed by atoms with Crippen molar-refractivity contribution < 1.29 is 4.79 Å². The van der Waals surface area contributed by atoms with Crippen LogP contribution in [-0.2, 0) is 0 Å². The molecule has 29 heavy (non-hydrogen) atoms. The first-order valence-corrected chi connectivity index (χ1v) is 9.86. The standard InChI is InChI=1S/C22H21ClN4O2/c1-16(28)17-7-9-18(10-8-17)25-11-13-26(14-12-25)20-15-24-27(22(29)21(20)23)19-5-3-2-4-6-19/h2-10,15H,11-14H2,1H3. The van der Waals surface area contributed by atoms with Crippen LogP contribution in [0, 0.1) is 0 Å². The number of ketones is 1. The average molecular weight is 409 g/mol. The number of hydrogen-bond acceptors (Lipinski definition) is 5. The number of hydrogen-bond donors (Lipinski definition) is 0. The molecule has 0 unspecified atom stereocenters. The van der Waals surface area contributed by atoms with Crippen LogP contribution in [0.4, 0.5) is 11.4 Å². The normalized spacial score (nSPS) is 14.1. The summed E-state index contributed by atoms with van der Waals surface area (Å²) in [6.45, 7) is 4.60. The molecule has 4 rings (SSSR count). The second-order valence-corrected chi connectivity index (χ2v) is 7.35. The molecule has 6 nitrogen and oxygen atoms in total. The van der Waals surface area contributed by atoms with Crippen LogP contribution < -0.4 is 15.4 Å². The van der Waals surface area contributed by atoms with Crippen molar-refractivity contribution in [1.82, 2.24) is 9.78 Å². The minimum Gasteiger partial charge on any atom is -0.368 e. The molecule has 2 aromatic carbocycles. The molecule has 0 atom stereocenters. The second kappa shape index (κ2) is 8.09. The smallest absolute Gasteiger partial charge is 0.292 e. The van der Waals surface area contributed by atoms with Gasteiger partial charge in [-0.05, 0) is 43.3 Å². The van der Waals surface area contributed by atoms with Crippen molar-refractivity contribution in [3.63, 3.8) is 0 Å². The molecule has 0 radical (unpaired) electrons. The Balaban J connectivity index is 1.49. The molecule has 0 amide bonds. The van der Waals surface area contributed by atoms with E-state index in [-0.39, 0.29) is 16.4 Å². The SMILES string of the molecule is CC(=O)c1ccc(N2CCN(c3cnn(-c4ccccc4)c(=O)c3Cl)CC2)cc1. The molecule has 0 aliphatic carbocycles. The van der Waals surface area contributed by atoms with Gasteiger partial charge in [0.05, 0.1) is 17.6 Å². The maximum atomic E-state index is 12.7. The van der Waals surface area contributed by atoms with Crippen LogP contribution in [0.15, 0.2) is 65.6 Å². The number of benzene rings is 2. The largest absolute Gasteiger partial charge is 0.368 e. The molecule has 1 aliphatic heterocycles.